The first-order valence-electron chi connectivity index (χ1n) is 7.90. The van der Waals surface area contributed by atoms with Crippen molar-refractivity contribution in [2.45, 2.75) is 6.29 Å². The van der Waals surface area contributed by atoms with Crippen LogP contribution in [0.1, 0.15) is 10.4 Å². The van der Waals surface area contributed by atoms with Gasteiger partial charge in [0.25, 0.3) is 5.91 Å². The Labute approximate surface area is 157 Å². The highest BCUT2D eigenvalue weighted by Gasteiger charge is 2.43. The van der Waals surface area contributed by atoms with E-state index in [-0.39, 0.29) is 28.5 Å². The molecule has 1 N–H and O–H groups in total. The van der Waals surface area contributed by atoms with E-state index in [9.17, 15) is 18.4 Å². The molecule has 0 spiro atoms. The number of carbonyl (C=O) groups is 2. The quantitative estimate of drug-likeness (QED) is 0.752. The number of alkyl halides is 2. The summed E-state index contributed by atoms with van der Waals surface area (Å²) in [6.07, 6.45) is -3.75. The fraction of sp³-hybridized carbons (Fsp3) is 0.222. The van der Waals surface area contributed by atoms with Gasteiger partial charge in [-0.2, -0.15) is 0 Å². The molecule has 8 nitrogen and oxygen atoms in total. The number of rotatable bonds is 6. The molecule has 1 aliphatic rings. The van der Waals surface area contributed by atoms with E-state index in [1.165, 1.54) is 44.6 Å². The van der Waals surface area contributed by atoms with E-state index in [0.29, 0.717) is 5.75 Å². The number of hydrogen-bond acceptors (Lipinski definition) is 7. The summed E-state index contributed by atoms with van der Waals surface area (Å²) >= 11 is 0. The summed E-state index contributed by atoms with van der Waals surface area (Å²) in [6, 6.07) is 8.22. The number of halogens is 2. The van der Waals surface area contributed by atoms with Gasteiger partial charge in [0.05, 0.1) is 14.2 Å². The lowest BCUT2D eigenvalue weighted by Gasteiger charge is -2.10. The molecule has 0 aliphatic carbocycles. The number of benzene rings is 2. The molecule has 1 amide bonds. The molecule has 3 rings (SSSR count). The number of methoxy groups -OCH3 is 2. The van der Waals surface area contributed by atoms with Crippen molar-refractivity contribution in [3.63, 3.8) is 0 Å². The Bertz CT molecular complexity index is 917. The topological polar surface area (TPSA) is 92.3 Å². The zero-order valence-corrected chi connectivity index (χ0v) is 14.8. The van der Waals surface area contributed by atoms with Gasteiger partial charge in [-0.3, -0.25) is 4.79 Å². The third-order valence-electron chi connectivity index (χ3n) is 3.65. The maximum atomic E-state index is 13.0. The molecule has 0 aromatic heterocycles. The molecule has 1 heterocycles. The molecular weight excluding hydrogens is 380 g/mol. The van der Waals surface area contributed by atoms with E-state index < -0.39 is 24.8 Å². The smallest absolute Gasteiger partial charge is 0.497 e. The molecule has 148 valence electrons. The fourth-order valence-electron chi connectivity index (χ4n) is 2.40. The molecule has 0 bridgehead atoms. The van der Waals surface area contributed by atoms with Crippen molar-refractivity contribution in [2.24, 2.45) is 0 Å². The van der Waals surface area contributed by atoms with Crippen LogP contribution in [0.5, 0.6) is 23.0 Å². The summed E-state index contributed by atoms with van der Waals surface area (Å²) in [5, 5.41) is 2.40. The van der Waals surface area contributed by atoms with Gasteiger partial charge in [0.15, 0.2) is 18.1 Å². The maximum Gasteiger partial charge on any atom is 0.586 e. The second-order valence-electron chi connectivity index (χ2n) is 5.52. The van der Waals surface area contributed by atoms with E-state index in [1.54, 1.807) is 6.07 Å². The Morgan fingerprint density at radius 2 is 1.79 bits per heavy atom. The number of esters is 1. The molecule has 1 aliphatic heterocycles. The Morgan fingerprint density at radius 3 is 2.50 bits per heavy atom. The fourth-order valence-corrected chi connectivity index (χ4v) is 2.40. The molecular formula is C18H15F2NO7. The van der Waals surface area contributed by atoms with E-state index >= 15 is 0 Å². The average Bonchev–Trinajstić information content (AvgIpc) is 2.98. The average molecular weight is 395 g/mol. The first-order valence-corrected chi connectivity index (χ1v) is 7.90. The number of carbonyl (C=O) groups excluding carboxylic acids is 2. The van der Waals surface area contributed by atoms with E-state index in [0.717, 1.165) is 0 Å². The highest BCUT2D eigenvalue weighted by molar-refractivity contribution is 5.97. The second-order valence-corrected chi connectivity index (χ2v) is 5.52. The molecule has 0 fully saturated rings. The van der Waals surface area contributed by atoms with Gasteiger partial charge in [0, 0.05) is 17.8 Å². The van der Waals surface area contributed by atoms with E-state index in [1.807, 2.05) is 0 Å². The van der Waals surface area contributed by atoms with Crippen LogP contribution < -0.4 is 24.3 Å². The summed E-state index contributed by atoms with van der Waals surface area (Å²) in [6.45, 7) is -0.599. The summed E-state index contributed by atoms with van der Waals surface area (Å²) in [5.41, 5.74) is 0.282. The van der Waals surface area contributed by atoms with Gasteiger partial charge in [-0.05, 0) is 24.3 Å². The molecule has 2 aromatic rings. The summed E-state index contributed by atoms with van der Waals surface area (Å²) in [7, 11) is 2.84. The molecule has 28 heavy (non-hydrogen) atoms. The molecule has 2 aromatic carbocycles. The lowest BCUT2D eigenvalue weighted by Crippen LogP contribution is -2.25. The van der Waals surface area contributed by atoms with Crippen LogP contribution in [0.25, 0.3) is 0 Å². The molecule has 0 radical (unpaired) electrons. The highest BCUT2D eigenvalue weighted by Crippen LogP contribution is 2.42. The van der Waals surface area contributed by atoms with Crippen molar-refractivity contribution < 1.29 is 42.1 Å². The zero-order chi connectivity index (χ0) is 20.3. The molecule has 0 saturated carbocycles. The number of ether oxygens (including phenoxy) is 5. The summed E-state index contributed by atoms with van der Waals surface area (Å²) < 4.78 is 49.7. The summed E-state index contributed by atoms with van der Waals surface area (Å²) in [4.78, 5) is 24.1. The van der Waals surface area contributed by atoms with Crippen LogP contribution in [-0.2, 0) is 9.53 Å². The zero-order valence-electron chi connectivity index (χ0n) is 14.8. The molecule has 0 atom stereocenters. The van der Waals surface area contributed by atoms with Gasteiger partial charge >= 0.3 is 12.3 Å². The van der Waals surface area contributed by atoms with Crippen LogP contribution in [0.3, 0.4) is 0 Å². The standard InChI is InChI=1S/C18H15F2NO7/c1-24-11-4-5-12(14(8-11)25-2)17(23)26-9-16(22)21-10-3-6-13-15(7-10)28-18(19,20)27-13/h3-8H,9H2,1-2H3,(H,21,22). The van der Waals surface area contributed by atoms with Crippen LogP contribution in [-0.4, -0.2) is 39.0 Å². The van der Waals surface area contributed by atoms with Crippen molar-refractivity contribution in [3.8, 4) is 23.0 Å². The van der Waals surface area contributed by atoms with Crippen molar-refractivity contribution in [1.29, 1.82) is 0 Å². The monoisotopic (exact) mass is 395 g/mol. The third kappa shape index (κ3) is 4.22. The number of amides is 1. The third-order valence-corrected chi connectivity index (χ3v) is 3.65. The SMILES string of the molecule is COc1ccc(C(=O)OCC(=O)Nc2ccc3c(c2)OC(F)(F)O3)c(OC)c1. The highest BCUT2D eigenvalue weighted by atomic mass is 19.3. The van der Waals surface area contributed by atoms with E-state index in [2.05, 4.69) is 14.8 Å². The van der Waals surface area contributed by atoms with Crippen molar-refractivity contribution in [3.05, 3.63) is 42.0 Å². The number of fused-ring (bicyclic) bond motifs is 1. The first kappa shape index (κ1) is 19.2. The minimum atomic E-state index is -3.75. The molecule has 0 unspecified atom stereocenters. The van der Waals surface area contributed by atoms with Crippen molar-refractivity contribution >= 4 is 17.6 Å². The number of hydrogen-bond donors (Lipinski definition) is 1. The van der Waals surface area contributed by atoms with Crippen LogP contribution in [0, 0.1) is 0 Å². The van der Waals surface area contributed by atoms with Gasteiger partial charge in [0.1, 0.15) is 17.1 Å². The second kappa shape index (κ2) is 7.59. The van der Waals surface area contributed by atoms with Crippen LogP contribution in [0.4, 0.5) is 14.5 Å². The minimum absolute atomic E-state index is 0.112. The van der Waals surface area contributed by atoms with Gasteiger partial charge in [-0.1, -0.05) is 0 Å². The lowest BCUT2D eigenvalue weighted by molar-refractivity contribution is -0.286. The van der Waals surface area contributed by atoms with Crippen LogP contribution in [0.15, 0.2) is 36.4 Å². The summed E-state index contributed by atoms with van der Waals surface area (Å²) in [5.74, 6) is -1.11. The van der Waals surface area contributed by atoms with Gasteiger partial charge in [-0.25, -0.2) is 4.79 Å². The molecule has 10 heteroatoms. The maximum absolute atomic E-state index is 13.0. The van der Waals surface area contributed by atoms with Gasteiger partial charge < -0.3 is 29.0 Å². The predicted octanol–water partition coefficient (Wildman–Crippen LogP) is 2.82. The Morgan fingerprint density at radius 1 is 1.04 bits per heavy atom. The minimum Gasteiger partial charge on any atom is -0.497 e. The van der Waals surface area contributed by atoms with Crippen molar-refractivity contribution in [2.75, 3.05) is 26.1 Å². The van der Waals surface area contributed by atoms with Crippen LogP contribution in [0.2, 0.25) is 0 Å². The normalized spacial score (nSPS) is 13.6. The van der Waals surface area contributed by atoms with Crippen LogP contribution >= 0.6 is 0 Å². The largest absolute Gasteiger partial charge is 0.586 e. The van der Waals surface area contributed by atoms with E-state index in [4.69, 9.17) is 14.2 Å². The van der Waals surface area contributed by atoms with Gasteiger partial charge in [-0.15, -0.1) is 8.78 Å². The number of nitrogens with one attached hydrogen (secondary N) is 1. The van der Waals surface area contributed by atoms with Crippen molar-refractivity contribution in [1.82, 2.24) is 0 Å². The Balaban J connectivity index is 1.59. The predicted molar refractivity (Wildman–Crippen MR) is 91.1 cm³/mol. The number of anilines is 1. The first-order chi connectivity index (χ1) is 13.3. The molecule has 0 saturated heterocycles. The lowest BCUT2D eigenvalue weighted by atomic mass is 10.2. The Hall–Kier alpha value is -3.56. The Kier molecular flexibility index (Phi) is 5.21. The van der Waals surface area contributed by atoms with Gasteiger partial charge in [0.2, 0.25) is 0 Å².